The zero-order valence-electron chi connectivity index (χ0n) is 23.2. The summed E-state index contributed by atoms with van der Waals surface area (Å²) in [5, 5.41) is 65.1. The molecule has 0 heterocycles. The number of aliphatic hydroxyl groups is 5. The van der Waals surface area contributed by atoms with Gasteiger partial charge in [0.25, 0.3) is 0 Å². The molecular weight excluding hydrogens is 472 g/mol. The molecule has 4 fully saturated rings. The van der Waals surface area contributed by atoms with E-state index >= 15 is 0 Å². The van der Waals surface area contributed by atoms with Crippen molar-refractivity contribution in [3.63, 3.8) is 0 Å². The van der Waals surface area contributed by atoms with Crippen LogP contribution in [0.2, 0.25) is 0 Å². The molecule has 0 aliphatic heterocycles. The third-order valence-electron chi connectivity index (χ3n) is 13.4. The summed E-state index contributed by atoms with van der Waals surface area (Å²) in [4.78, 5) is 12.8. The van der Waals surface area contributed by atoms with Gasteiger partial charge < -0.3 is 30.6 Å². The topological polar surface area (TPSA) is 138 Å². The predicted molar refractivity (Wildman–Crippen MR) is 138 cm³/mol. The van der Waals surface area contributed by atoms with Crippen LogP contribution in [0.15, 0.2) is 11.6 Å². The second-order valence-corrected chi connectivity index (χ2v) is 14.9. The second-order valence-electron chi connectivity index (χ2n) is 14.9. The Morgan fingerprint density at radius 1 is 0.892 bits per heavy atom. The average Bonchev–Trinajstić information content (AvgIpc) is 2.83. The number of fused-ring (bicyclic) bond motifs is 7. The lowest BCUT2D eigenvalue weighted by Gasteiger charge is -2.72. The summed E-state index contributed by atoms with van der Waals surface area (Å²) in [6.07, 6.45) is 4.43. The molecule has 0 bridgehead atoms. The summed E-state index contributed by atoms with van der Waals surface area (Å²) in [6.45, 7) is 10.1. The van der Waals surface area contributed by atoms with Crippen LogP contribution in [0.3, 0.4) is 0 Å². The molecule has 0 unspecified atom stereocenters. The van der Waals surface area contributed by atoms with Gasteiger partial charge in [-0.25, -0.2) is 0 Å². The molecule has 37 heavy (non-hydrogen) atoms. The lowest BCUT2D eigenvalue weighted by atomic mass is 9.33. The monoisotopic (exact) mass is 520 g/mol. The van der Waals surface area contributed by atoms with Gasteiger partial charge >= 0.3 is 5.97 Å². The summed E-state index contributed by atoms with van der Waals surface area (Å²) in [5.41, 5.74) is -2.32. The second kappa shape index (κ2) is 8.26. The summed E-state index contributed by atoms with van der Waals surface area (Å²) < 4.78 is 0. The van der Waals surface area contributed by atoms with E-state index in [1.807, 2.05) is 13.8 Å². The molecule has 0 aromatic rings. The zero-order valence-corrected chi connectivity index (χ0v) is 23.2. The van der Waals surface area contributed by atoms with Gasteiger partial charge in [0.2, 0.25) is 0 Å². The minimum absolute atomic E-state index is 0.123. The number of aliphatic carboxylic acids is 1. The molecule has 0 aromatic carbocycles. The fourth-order valence-electron chi connectivity index (χ4n) is 10.8. The number of aliphatic hydroxyl groups excluding tert-OH is 5. The van der Waals surface area contributed by atoms with Crippen LogP contribution >= 0.6 is 0 Å². The van der Waals surface area contributed by atoms with Crippen molar-refractivity contribution in [2.75, 3.05) is 13.2 Å². The van der Waals surface area contributed by atoms with E-state index in [0.717, 1.165) is 18.4 Å². The molecule has 210 valence electrons. The Bertz CT molecular complexity index is 986. The lowest BCUT2D eigenvalue weighted by Crippen LogP contribution is -2.70. The van der Waals surface area contributed by atoms with Crippen LogP contribution in [0.4, 0.5) is 0 Å². The zero-order chi connectivity index (χ0) is 27.4. The fourth-order valence-corrected chi connectivity index (χ4v) is 10.8. The Labute approximate surface area is 221 Å². The van der Waals surface area contributed by atoms with Gasteiger partial charge in [-0.1, -0.05) is 46.3 Å². The van der Waals surface area contributed by atoms with E-state index in [0.29, 0.717) is 38.5 Å². The fraction of sp³-hybridized carbons (Fsp3) is 0.900. The Hall–Kier alpha value is -0.990. The van der Waals surface area contributed by atoms with Crippen LogP contribution in [-0.4, -0.2) is 68.1 Å². The van der Waals surface area contributed by atoms with Gasteiger partial charge in [-0.3, -0.25) is 4.79 Å². The van der Waals surface area contributed by atoms with Crippen molar-refractivity contribution in [1.82, 2.24) is 0 Å². The molecule has 0 amide bonds. The Morgan fingerprint density at radius 3 is 2.11 bits per heavy atom. The third-order valence-corrected chi connectivity index (χ3v) is 13.4. The molecule has 7 nitrogen and oxygen atoms in total. The largest absolute Gasteiger partial charge is 0.481 e. The van der Waals surface area contributed by atoms with Crippen LogP contribution in [0.5, 0.6) is 0 Å². The maximum atomic E-state index is 12.8. The number of allylic oxidation sites excluding steroid dienone is 1. The van der Waals surface area contributed by atoms with Gasteiger partial charge in [-0.15, -0.1) is 0 Å². The number of rotatable bonds is 3. The molecule has 6 N–H and O–H groups in total. The van der Waals surface area contributed by atoms with Gasteiger partial charge in [0.1, 0.15) is 0 Å². The third kappa shape index (κ3) is 3.15. The van der Waals surface area contributed by atoms with E-state index in [4.69, 9.17) is 0 Å². The summed E-state index contributed by atoms with van der Waals surface area (Å²) >= 11 is 0. The number of carbonyl (C=O) groups is 1. The maximum absolute atomic E-state index is 12.8. The molecule has 0 aromatic heterocycles. The van der Waals surface area contributed by atoms with Crippen molar-refractivity contribution >= 4 is 5.97 Å². The quantitative estimate of drug-likeness (QED) is 0.314. The van der Waals surface area contributed by atoms with Crippen molar-refractivity contribution in [2.24, 2.45) is 50.2 Å². The smallest absolute Gasteiger partial charge is 0.310 e. The first-order valence-corrected chi connectivity index (χ1v) is 14.3. The highest BCUT2D eigenvalue weighted by atomic mass is 16.4. The van der Waals surface area contributed by atoms with Crippen molar-refractivity contribution in [1.29, 1.82) is 0 Å². The molecule has 5 rings (SSSR count). The van der Waals surface area contributed by atoms with E-state index in [1.165, 1.54) is 0 Å². The SMILES string of the molecule is CC1(C)CC[C@]2(C(=O)O)CC[C@]3(C)C(=CC[C@@H]4[C@@]5(C)C[C@@H](O)[C@H](O)C(CO)(CO)[C@@H]5CC[C@]43C)[C@H]2[C@@H]1O. The predicted octanol–water partition coefficient (Wildman–Crippen LogP) is 3.12. The molecule has 7 heteroatoms. The first-order valence-electron chi connectivity index (χ1n) is 14.3. The molecule has 10 atom stereocenters. The van der Waals surface area contributed by atoms with Crippen LogP contribution in [0.25, 0.3) is 0 Å². The van der Waals surface area contributed by atoms with Gasteiger partial charge in [0.15, 0.2) is 0 Å². The number of carboxylic acids is 1. The lowest BCUT2D eigenvalue weighted by molar-refractivity contribution is -0.258. The van der Waals surface area contributed by atoms with E-state index in [2.05, 4.69) is 26.8 Å². The van der Waals surface area contributed by atoms with Gasteiger partial charge in [-0.2, -0.15) is 0 Å². The van der Waals surface area contributed by atoms with Gasteiger partial charge in [-0.05, 0) is 84.9 Å². The standard InChI is InChI=1S/C30H48O7/c1-25(2)10-12-29(24(36)37)13-11-27(4)17(21(29)23(25)35)6-7-19-26(3)14-18(33)22(34)30(15-31,16-32)20(26)8-9-28(19,27)5/h6,18-23,31-35H,7-16H2,1-5H3,(H,36,37)/t18-,19-,20-,21+,22+,23+,26-,27-,28-,29+/m1/s1. The average molecular weight is 521 g/mol. The molecule has 0 spiro atoms. The number of carboxylic acid groups (broad SMARTS) is 1. The normalized spacial score (nSPS) is 52.1. The molecule has 5 aliphatic carbocycles. The molecular formula is C30H48O7. The van der Waals surface area contributed by atoms with E-state index in [-0.39, 0.29) is 41.3 Å². The van der Waals surface area contributed by atoms with Crippen molar-refractivity contribution in [2.45, 2.75) is 104 Å². The van der Waals surface area contributed by atoms with E-state index in [9.17, 15) is 35.4 Å². The van der Waals surface area contributed by atoms with Crippen molar-refractivity contribution < 1.29 is 35.4 Å². The van der Waals surface area contributed by atoms with Gasteiger partial charge in [0, 0.05) is 11.3 Å². The highest BCUT2D eigenvalue weighted by Gasteiger charge is 2.72. The summed E-state index contributed by atoms with van der Waals surface area (Å²) in [7, 11) is 0. The number of hydrogen-bond acceptors (Lipinski definition) is 6. The van der Waals surface area contributed by atoms with Crippen LogP contribution < -0.4 is 0 Å². The first kappa shape index (κ1) is 27.6. The molecule has 0 saturated heterocycles. The Kier molecular flexibility index (Phi) is 6.16. The van der Waals surface area contributed by atoms with Crippen LogP contribution in [-0.2, 0) is 4.79 Å². The summed E-state index contributed by atoms with van der Waals surface area (Å²) in [5.74, 6) is -1.24. The van der Waals surface area contributed by atoms with Gasteiger partial charge in [0.05, 0.1) is 36.9 Å². The minimum Gasteiger partial charge on any atom is -0.481 e. The van der Waals surface area contributed by atoms with Crippen LogP contribution in [0, 0.1) is 50.2 Å². The minimum atomic E-state index is -1.18. The number of hydrogen-bond donors (Lipinski definition) is 6. The van der Waals surface area contributed by atoms with E-state index in [1.54, 1.807) is 0 Å². The van der Waals surface area contributed by atoms with Crippen LogP contribution in [0.1, 0.15) is 86.0 Å². The van der Waals surface area contributed by atoms with Crippen molar-refractivity contribution in [3.8, 4) is 0 Å². The summed E-state index contributed by atoms with van der Waals surface area (Å²) in [6, 6.07) is 0. The molecule has 5 aliphatic rings. The highest BCUT2D eigenvalue weighted by Crippen LogP contribution is 2.75. The first-order chi connectivity index (χ1) is 17.1. The molecule has 0 radical (unpaired) electrons. The van der Waals surface area contributed by atoms with E-state index < -0.39 is 46.4 Å². The molecule has 4 saturated carbocycles. The maximum Gasteiger partial charge on any atom is 0.310 e. The Balaban J connectivity index is 1.64. The Morgan fingerprint density at radius 2 is 1.51 bits per heavy atom. The highest BCUT2D eigenvalue weighted by molar-refractivity contribution is 5.77. The van der Waals surface area contributed by atoms with Crippen molar-refractivity contribution in [3.05, 3.63) is 11.6 Å².